The van der Waals surface area contributed by atoms with E-state index in [2.05, 4.69) is 103 Å². The van der Waals surface area contributed by atoms with E-state index in [9.17, 15) is 14.7 Å². The van der Waals surface area contributed by atoms with Crippen molar-refractivity contribution in [2.45, 2.75) is 18.6 Å². The molecule has 2 saturated heterocycles. The average molecular weight is 1070 g/mol. The monoisotopic (exact) mass is 1070 g/mol. The van der Waals surface area contributed by atoms with Crippen molar-refractivity contribution in [2.24, 2.45) is 0 Å². The largest absolute Gasteiger partial charge is 0.400 e. The summed E-state index contributed by atoms with van der Waals surface area (Å²) in [5.74, 6) is -6.42. The molecule has 2 aliphatic heterocycles. The Balaban J connectivity index is 0.000000200. The van der Waals surface area contributed by atoms with Gasteiger partial charge < -0.3 is 60.6 Å². The average Bonchev–Trinajstić information content (AvgIpc) is 4.23. The Kier molecular flexibility index (Phi) is 17.4. The fourth-order valence-corrected chi connectivity index (χ4v) is 8.58. The Morgan fingerprint density at radius 3 is 1.55 bits per heavy atom. The number of amides is 2. The van der Waals surface area contributed by atoms with E-state index in [1.54, 1.807) is 18.5 Å². The second kappa shape index (κ2) is 24.4. The van der Waals surface area contributed by atoms with Gasteiger partial charge in [0.1, 0.15) is 41.0 Å². The lowest BCUT2D eigenvalue weighted by Gasteiger charge is -2.33. The number of carbonyl (C=O) groups is 2. The molecule has 2 fully saturated rings. The summed E-state index contributed by atoms with van der Waals surface area (Å²) < 4.78 is 65.0. The molecule has 0 saturated carbocycles. The number of aromatic nitrogens is 8. The number of likely N-dealkylation sites (N-methyl/N-ethyl adjacent to an activating group) is 2. The molecular weight excluding hydrogens is 1010 g/mol. The number of carbonyl (C=O) groups excluding carboxylic acids is 2. The van der Waals surface area contributed by atoms with Crippen LogP contribution in [0, 0.1) is 0 Å². The van der Waals surface area contributed by atoms with Gasteiger partial charge in [-0.05, 0) is 86.9 Å². The van der Waals surface area contributed by atoms with Crippen molar-refractivity contribution in [2.75, 3.05) is 105 Å². The number of aliphatic hydroxyl groups is 2. The molecule has 10 rings (SSSR count). The number of aromatic amines is 1. The summed E-state index contributed by atoms with van der Waals surface area (Å²) in [6.07, 6.45) is 8.38. The Labute approximate surface area is 446 Å². The van der Waals surface area contributed by atoms with Crippen LogP contribution in [0.1, 0.15) is 22.5 Å². The zero-order chi connectivity index (χ0) is 55.6. The lowest BCUT2D eigenvalue weighted by Crippen LogP contribution is -2.44. The SMILES string of the molecule is C=CC(=O)Nc1cccc(C(F)(F)c2nc(Nc3ccc(N4CCN(C)CC4)nc3)nc3[nH]ccc23)c1.C=CC(=O)Nc1cccc(C(F)(F)c2nc(Nc3ccc(N4CCN(C)CC4)nc3)nc3c2ccn3CO)c1.CO. The molecule has 2 aliphatic rings. The predicted octanol–water partition coefficient (Wildman–Crippen LogP) is 7.26. The van der Waals surface area contributed by atoms with Gasteiger partial charge in [-0.15, -0.1) is 0 Å². The summed E-state index contributed by atoms with van der Waals surface area (Å²) in [5, 5.41) is 28.0. The third-order valence-corrected chi connectivity index (χ3v) is 12.8. The molecule has 0 aliphatic carbocycles. The van der Waals surface area contributed by atoms with Gasteiger partial charge in [0.15, 0.2) is 0 Å². The van der Waals surface area contributed by atoms with Crippen LogP contribution in [0.5, 0.6) is 0 Å². The van der Waals surface area contributed by atoms with Gasteiger partial charge in [-0.25, -0.2) is 19.9 Å². The molecule has 0 spiro atoms. The topological polar surface area (TPSA) is 234 Å². The predicted molar refractivity (Wildman–Crippen MR) is 293 cm³/mol. The number of nitrogens with one attached hydrogen (secondary N) is 5. The van der Waals surface area contributed by atoms with Gasteiger partial charge in [-0.1, -0.05) is 37.4 Å². The van der Waals surface area contributed by atoms with E-state index in [0.717, 1.165) is 83.3 Å². The number of alkyl halides is 4. The molecule has 0 atom stereocenters. The molecular formula is C54H58F4N16O4. The number of fused-ring (bicyclic) bond motifs is 2. The normalized spacial score (nSPS) is 14.2. The molecule has 24 heteroatoms. The van der Waals surface area contributed by atoms with Gasteiger partial charge in [0, 0.05) is 105 Å². The van der Waals surface area contributed by atoms with Gasteiger partial charge in [0.25, 0.3) is 0 Å². The van der Waals surface area contributed by atoms with Gasteiger partial charge in [-0.3, -0.25) is 9.59 Å². The van der Waals surface area contributed by atoms with Crippen molar-refractivity contribution in [3.8, 4) is 0 Å². The first kappa shape index (κ1) is 55.4. The maximum absolute atomic E-state index is 16.0. The molecule has 6 aromatic heterocycles. The summed E-state index contributed by atoms with van der Waals surface area (Å²) in [7, 11) is 5.17. The molecule has 7 N–H and O–H groups in total. The maximum Gasteiger partial charge on any atom is 0.315 e. The van der Waals surface area contributed by atoms with Crippen molar-refractivity contribution in [1.82, 2.24) is 49.3 Å². The van der Waals surface area contributed by atoms with Crippen LogP contribution >= 0.6 is 0 Å². The fourth-order valence-electron chi connectivity index (χ4n) is 8.58. The van der Waals surface area contributed by atoms with Crippen molar-refractivity contribution in [1.29, 1.82) is 0 Å². The highest BCUT2D eigenvalue weighted by Crippen LogP contribution is 2.41. The third-order valence-electron chi connectivity index (χ3n) is 12.8. The number of benzene rings is 2. The Morgan fingerprint density at radius 2 is 1.10 bits per heavy atom. The minimum absolute atomic E-state index is 0.00915. The molecule has 0 unspecified atom stereocenters. The fraction of sp³-hybridized carbons (Fsp3) is 0.259. The molecule has 0 bridgehead atoms. The second-order valence-corrected chi connectivity index (χ2v) is 18.0. The highest BCUT2D eigenvalue weighted by molar-refractivity contribution is 5.99. The molecule has 2 aromatic carbocycles. The third kappa shape index (κ3) is 12.7. The number of rotatable bonds is 15. The lowest BCUT2D eigenvalue weighted by atomic mass is 10.0. The number of pyridine rings is 2. The van der Waals surface area contributed by atoms with Crippen LogP contribution in [0.3, 0.4) is 0 Å². The molecule has 406 valence electrons. The lowest BCUT2D eigenvalue weighted by molar-refractivity contribution is -0.112. The number of halogens is 4. The summed E-state index contributed by atoms with van der Waals surface area (Å²) in [4.78, 5) is 61.3. The van der Waals surface area contributed by atoms with Crippen molar-refractivity contribution < 1.29 is 37.4 Å². The van der Waals surface area contributed by atoms with E-state index in [1.807, 2.05) is 18.2 Å². The number of nitrogens with zero attached hydrogens (tertiary/aromatic N) is 11. The zero-order valence-electron chi connectivity index (χ0n) is 43.0. The van der Waals surface area contributed by atoms with Crippen LogP contribution in [-0.4, -0.2) is 145 Å². The molecule has 20 nitrogen and oxygen atoms in total. The number of piperazine rings is 2. The number of aliphatic hydroxyl groups excluding tert-OH is 2. The molecule has 2 amide bonds. The van der Waals surface area contributed by atoms with E-state index in [-0.39, 0.29) is 56.5 Å². The van der Waals surface area contributed by atoms with Crippen molar-refractivity contribution in [3.05, 3.63) is 158 Å². The van der Waals surface area contributed by atoms with Crippen molar-refractivity contribution in [3.63, 3.8) is 0 Å². The minimum atomic E-state index is -3.56. The number of anilines is 8. The summed E-state index contributed by atoms with van der Waals surface area (Å²) in [6, 6.07) is 21.2. The van der Waals surface area contributed by atoms with Gasteiger partial charge in [0.05, 0.1) is 23.8 Å². The summed E-state index contributed by atoms with van der Waals surface area (Å²) in [6.45, 7) is 13.6. The number of H-pyrrole nitrogens is 1. The maximum atomic E-state index is 16.0. The molecule has 8 aromatic rings. The smallest absolute Gasteiger partial charge is 0.315 e. The van der Waals surface area contributed by atoms with Crippen LogP contribution in [0.25, 0.3) is 22.1 Å². The molecule has 8 heterocycles. The van der Waals surface area contributed by atoms with Crippen molar-refractivity contribution >= 4 is 80.2 Å². The van der Waals surface area contributed by atoms with Crippen LogP contribution in [-0.2, 0) is 28.2 Å². The van der Waals surface area contributed by atoms with E-state index in [1.165, 1.54) is 77.6 Å². The van der Waals surface area contributed by atoms with Crippen LogP contribution in [0.2, 0.25) is 0 Å². The number of hydrogen-bond acceptors (Lipinski definition) is 16. The first-order valence-electron chi connectivity index (χ1n) is 24.6. The number of hydrogen-bond donors (Lipinski definition) is 7. The highest BCUT2D eigenvalue weighted by Gasteiger charge is 2.40. The van der Waals surface area contributed by atoms with Crippen LogP contribution in [0.4, 0.5) is 63.8 Å². The van der Waals surface area contributed by atoms with E-state index < -0.39 is 41.8 Å². The zero-order valence-corrected chi connectivity index (χ0v) is 43.0. The standard InChI is InChI=1S/C27H28F2N8O2.C26H26F2N8O.CH4O/c1-3-23(39)31-19-6-4-5-18(15-19)27(28,29)24-21-9-10-37(17-38)25(21)34-26(33-24)32-20-7-8-22(30-16-20)36-13-11-35(2)12-14-36;1-3-22(37)31-18-6-4-5-17(15-18)26(27,28)23-20-9-10-29-24(20)34-25(33-23)32-19-7-8-21(30-16-19)36-13-11-35(2)12-14-36;1-2/h3-10,15-16,38H,1,11-14,17H2,2H3,(H,31,39)(H,32,33,34);3-10,15-16H,1,11-14H2,2H3,(H,31,37)(H2,29,32,33,34);2H,1H3. The van der Waals surface area contributed by atoms with Gasteiger partial charge in [0.2, 0.25) is 23.7 Å². The Hall–Kier alpha value is -8.84. The first-order chi connectivity index (χ1) is 37.6. The summed E-state index contributed by atoms with van der Waals surface area (Å²) in [5.41, 5.74) is 0.237. The van der Waals surface area contributed by atoms with E-state index in [0.29, 0.717) is 11.4 Å². The highest BCUT2D eigenvalue weighted by atomic mass is 19.3. The van der Waals surface area contributed by atoms with Crippen LogP contribution < -0.4 is 31.1 Å². The quantitative estimate of drug-likeness (QED) is 0.0396. The second-order valence-electron chi connectivity index (χ2n) is 18.0. The van der Waals surface area contributed by atoms with E-state index in [4.69, 9.17) is 5.11 Å². The van der Waals surface area contributed by atoms with Crippen LogP contribution in [0.15, 0.2) is 135 Å². The minimum Gasteiger partial charge on any atom is -0.400 e. The Morgan fingerprint density at radius 1 is 0.628 bits per heavy atom. The van der Waals surface area contributed by atoms with Gasteiger partial charge >= 0.3 is 11.8 Å². The molecule has 0 radical (unpaired) electrons. The Bertz CT molecular complexity index is 3380. The summed E-state index contributed by atoms with van der Waals surface area (Å²) >= 11 is 0. The first-order valence-corrected chi connectivity index (χ1v) is 24.6. The van der Waals surface area contributed by atoms with E-state index >= 15 is 17.6 Å². The van der Waals surface area contributed by atoms with Gasteiger partial charge in [-0.2, -0.15) is 27.5 Å². The molecule has 78 heavy (non-hydrogen) atoms.